The fourth-order valence-corrected chi connectivity index (χ4v) is 8.57. The zero-order valence-corrected chi connectivity index (χ0v) is 31.0. The molecule has 12 aromatic rings. The smallest absolute Gasteiger partial charge is 0.136 e. The Balaban J connectivity index is 1.20. The number of para-hydroxylation sites is 1. The van der Waals surface area contributed by atoms with E-state index in [1.165, 1.54) is 0 Å². The number of hydrogen-bond acceptors (Lipinski definition) is 1. The highest BCUT2D eigenvalue weighted by molar-refractivity contribution is 6.24. The summed E-state index contributed by atoms with van der Waals surface area (Å²) in [5, 5.41) is 1.93. The topological polar surface area (TPSA) is 13.1 Å². The summed E-state index contributed by atoms with van der Waals surface area (Å²) >= 11 is 0. The Morgan fingerprint density at radius 1 is 0.322 bits per heavy atom. The molecule has 12 rings (SSSR count). The maximum atomic E-state index is 9.73. The first-order chi connectivity index (χ1) is 35.5. The Hall–Kier alpha value is -7.74. The van der Waals surface area contributed by atoms with Gasteiger partial charge in [0, 0.05) is 10.8 Å². The summed E-state index contributed by atoms with van der Waals surface area (Å²) in [5.74, 6) is 0. The van der Waals surface area contributed by atoms with Crippen LogP contribution in [0.3, 0.4) is 0 Å². The van der Waals surface area contributed by atoms with Gasteiger partial charge in [0.05, 0.1) is 20.6 Å². The van der Waals surface area contributed by atoms with Crippen LogP contribution in [0.1, 0.15) is 20.6 Å². The normalized spacial score (nSPS) is 15.3. The molecule has 0 spiro atoms. The van der Waals surface area contributed by atoms with E-state index in [9.17, 15) is 9.60 Å². The minimum atomic E-state index is -0.644. The van der Waals surface area contributed by atoms with E-state index in [0.717, 1.165) is 38.6 Å². The molecule has 11 aromatic carbocycles. The van der Waals surface area contributed by atoms with Crippen LogP contribution < -0.4 is 0 Å². The Morgan fingerprint density at radius 2 is 0.915 bits per heavy atom. The fourth-order valence-electron chi connectivity index (χ4n) is 8.57. The molecule has 1 heteroatoms. The van der Waals surface area contributed by atoms with Gasteiger partial charge in [-0.2, -0.15) is 0 Å². The lowest BCUT2D eigenvalue weighted by molar-refractivity contribution is 0.669. The van der Waals surface area contributed by atoms with Gasteiger partial charge in [0.1, 0.15) is 11.2 Å². The van der Waals surface area contributed by atoms with Crippen LogP contribution in [0.2, 0.25) is 0 Å². The molecule has 0 atom stereocenters. The first-order valence-electron chi connectivity index (χ1n) is 26.6. The molecule has 0 amide bonds. The van der Waals surface area contributed by atoms with Gasteiger partial charge in [0.2, 0.25) is 0 Å². The van der Waals surface area contributed by atoms with Crippen molar-refractivity contribution in [1.82, 2.24) is 0 Å². The summed E-state index contributed by atoms with van der Waals surface area (Å²) in [6.45, 7) is 0. The molecule has 0 radical (unpaired) electrons. The number of rotatable bonds is 5. The molecule has 0 bridgehead atoms. The number of furan rings is 1. The monoisotopic (exact) mass is 763 g/mol. The third-order valence-corrected chi connectivity index (χ3v) is 11.1. The minimum Gasteiger partial charge on any atom is -0.456 e. The van der Waals surface area contributed by atoms with Gasteiger partial charge in [-0.15, -0.1) is 0 Å². The average molecular weight is 764 g/mol. The van der Waals surface area contributed by atoms with Crippen LogP contribution in [-0.2, 0) is 0 Å². The van der Waals surface area contributed by atoms with Gasteiger partial charge in [0.15, 0.2) is 0 Å². The largest absolute Gasteiger partial charge is 0.456 e. The fraction of sp³-hybridized carbons (Fsp3) is 0. The average Bonchev–Trinajstić information content (AvgIpc) is 3.88. The van der Waals surface area contributed by atoms with Crippen molar-refractivity contribution < 1.29 is 25.0 Å². The number of fused-ring (bicyclic) bond motifs is 7. The van der Waals surface area contributed by atoms with Crippen molar-refractivity contribution in [2.45, 2.75) is 0 Å². The van der Waals surface area contributed by atoms with Crippen molar-refractivity contribution in [2.75, 3.05) is 0 Å². The van der Waals surface area contributed by atoms with Gasteiger partial charge in [-0.05, 0) is 129 Å². The maximum absolute atomic E-state index is 9.73. The molecule has 59 heavy (non-hydrogen) atoms. The second-order valence-electron chi connectivity index (χ2n) is 14.4. The Morgan fingerprint density at radius 3 is 1.69 bits per heavy atom. The van der Waals surface area contributed by atoms with E-state index >= 15 is 0 Å². The second-order valence-corrected chi connectivity index (χ2v) is 14.4. The first-order valence-corrected chi connectivity index (χ1v) is 19.1. The summed E-state index contributed by atoms with van der Waals surface area (Å²) in [6, 6.07) is 30.6. The lowest BCUT2D eigenvalue weighted by atomic mass is 9.82. The molecule has 0 unspecified atom stereocenters. The van der Waals surface area contributed by atoms with Crippen molar-refractivity contribution >= 4 is 65.0 Å². The van der Waals surface area contributed by atoms with Crippen molar-refractivity contribution in [1.29, 1.82) is 0 Å². The van der Waals surface area contributed by atoms with Crippen LogP contribution in [0.5, 0.6) is 0 Å². The van der Waals surface area contributed by atoms with Crippen molar-refractivity contribution in [2.24, 2.45) is 0 Å². The first kappa shape index (κ1) is 21.7. The van der Waals surface area contributed by atoms with Crippen molar-refractivity contribution in [3.05, 3.63) is 218 Å². The third-order valence-electron chi connectivity index (χ3n) is 11.1. The van der Waals surface area contributed by atoms with E-state index < -0.39 is 90.6 Å². The molecular formula is C58H36O. The summed E-state index contributed by atoms with van der Waals surface area (Å²) in [4.78, 5) is 0. The summed E-state index contributed by atoms with van der Waals surface area (Å²) in [7, 11) is 0. The van der Waals surface area contributed by atoms with E-state index in [2.05, 4.69) is 0 Å². The molecule has 0 N–H and O–H groups in total. The van der Waals surface area contributed by atoms with Gasteiger partial charge in [-0.3, -0.25) is 0 Å². The van der Waals surface area contributed by atoms with Crippen LogP contribution in [0.15, 0.2) is 222 Å². The summed E-state index contributed by atoms with van der Waals surface area (Å²) < 4.78 is 144. The van der Waals surface area contributed by atoms with Gasteiger partial charge < -0.3 is 4.42 Å². The summed E-state index contributed by atoms with van der Waals surface area (Å²) in [6.07, 6.45) is 0. The Kier molecular flexibility index (Phi) is 4.94. The zero-order chi connectivity index (χ0) is 51.9. The van der Waals surface area contributed by atoms with Gasteiger partial charge in [-0.1, -0.05) is 188 Å². The van der Waals surface area contributed by atoms with Gasteiger partial charge in [0.25, 0.3) is 0 Å². The third kappa shape index (κ3) is 5.40. The highest BCUT2D eigenvalue weighted by Gasteiger charge is 2.21. The molecule has 0 aliphatic rings. The lowest BCUT2D eigenvalue weighted by Gasteiger charge is -2.21. The Bertz CT molecular complexity index is 4420. The predicted octanol–water partition coefficient (Wildman–Crippen LogP) is 16.5. The molecule has 1 nitrogen and oxygen atoms in total. The van der Waals surface area contributed by atoms with Crippen molar-refractivity contribution in [3.8, 4) is 55.6 Å². The van der Waals surface area contributed by atoms with Crippen molar-refractivity contribution in [3.63, 3.8) is 0 Å². The molecule has 274 valence electrons. The molecule has 1 aromatic heterocycles. The number of hydrogen-bond donors (Lipinski definition) is 0. The van der Waals surface area contributed by atoms with Crippen LogP contribution >= 0.6 is 0 Å². The van der Waals surface area contributed by atoms with E-state index in [0.29, 0.717) is 21.9 Å². The molecule has 0 saturated heterocycles. The van der Waals surface area contributed by atoms with Gasteiger partial charge in [-0.25, -0.2) is 0 Å². The maximum Gasteiger partial charge on any atom is 0.136 e. The Labute approximate surface area is 363 Å². The molecule has 0 fully saturated rings. The van der Waals surface area contributed by atoms with E-state index in [1.54, 1.807) is 48.5 Å². The highest BCUT2D eigenvalue weighted by atomic mass is 16.3. The molecule has 0 saturated carbocycles. The van der Waals surface area contributed by atoms with Crippen LogP contribution in [0, 0.1) is 0 Å². The SMILES string of the molecule is [2H]c1c([2H])c([2H])c2c([2H])c(-c3c(-c4c5c([2H])c([2H])c([2H])c([2H])c5c(-c5cccc(-c6cccc(-c7cccc8oc9ccccc9c78)c6)c5)c5c([2H])c([2H])c([2H])c([2H])c45)ccc4ccccc34)c([2H])c([2H])c2c1[2H]. The lowest BCUT2D eigenvalue weighted by Crippen LogP contribution is -1.94. The predicted molar refractivity (Wildman–Crippen MR) is 251 cm³/mol. The standard InChI is InChI=1S/C58H36O/c1-2-16-39-35-44(31-30-37(39)14-1)55-45-21-4-3-15-38(45)32-33-52(55)57-49-24-7-5-22-47(49)56(48-23-6-8-25-50(48)57)43-20-12-18-41(36-43)40-17-11-19-42(34-40)46-27-13-29-54-58(46)51-26-9-10-28-53(51)59-54/h1-36H/i1D,2D,5D,6D,7D,8D,14D,16D,22D,23D,24D,25D,30D,31D,35D. The van der Waals surface area contributed by atoms with Crippen LogP contribution in [0.25, 0.3) is 121 Å². The van der Waals surface area contributed by atoms with E-state index in [-0.39, 0.29) is 60.1 Å². The zero-order valence-electron chi connectivity index (χ0n) is 46.0. The molecular weight excluding hydrogens is 713 g/mol. The highest BCUT2D eigenvalue weighted by Crippen LogP contribution is 2.48. The van der Waals surface area contributed by atoms with E-state index in [1.807, 2.05) is 78.9 Å². The molecule has 0 aliphatic carbocycles. The van der Waals surface area contributed by atoms with Crippen LogP contribution in [0.4, 0.5) is 0 Å². The van der Waals surface area contributed by atoms with E-state index in [4.69, 9.17) is 15.4 Å². The van der Waals surface area contributed by atoms with Gasteiger partial charge >= 0.3 is 0 Å². The quantitative estimate of drug-likeness (QED) is 0.159. The molecule has 0 aliphatic heterocycles. The molecule has 1 heterocycles. The minimum absolute atomic E-state index is 0.0521. The number of benzene rings is 11. The second kappa shape index (κ2) is 13.4. The van der Waals surface area contributed by atoms with Crippen LogP contribution in [-0.4, -0.2) is 0 Å². The summed E-state index contributed by atoms with van der Waals surface area (Å²) in [5.41, 5.74) is 5.22.